The molecule has 0 aliphatic carbocycles. The molecule has 1 amide bonds. The van der Waals surface area contributed by atoms with Crippen molar-refractivity contribution in [2.75, 3.05) is 19.0 Å². The monoisotopic (exact) mass is 469 g/mol. The third-order valence-electron chi connectivity index (χ3n) is 3.36. The van der Waals surface area contributed by atoms with Crippen LogP contribution in [0.2, 0.25) is 0 Å². The predicted octanol–water partition coefficient (Wildman–Crippen LogP) is 4.63. The van der Waals surface area contributed by atoms with Crippen molar-refractivity contribution in [3.63, 3.8) is 0 Å². The number of halogens is 2. The first kappa shape index (κ1) is 19.5. The summed E-state index contributed by atoms with van der Waals surface area (Å²) in [4.78, 5) is 24.3. The van der Waals surface area contributed by atoms with Gasteiger partial charge in [-0.15, -0.1) is 0 Å². The van der Waals surface area contributed by atoms with Crippen LogP contribution in [0.5, 0.6) is 5.75 Å². The van der Waals surface area contributed by atoms with Crippen LogP contribution >= 0.6 is 31.9 Å². The smallest absolute Gasteiger partial charge is 0.342 e. The highest BCUT2D eigenvalue weighted by Crippen LogP contribution is 2.32. The lowest BCUT2D eigenvalue weighted by molar-refractivity contribution is -0.119. The van der Waals surface area contributed by atoms with Crippen LogP contribution in [0, 0.1) is 13.8 Å². The first-order chi connectivity index (χ1) is 11.8. The summed E-state index contributed by atoms with van der Waals surface area (Å²) >= 11 is 6.80. The molecule has 0 unspecified atom stereocenters. The fourth-order valence-electron chi connectivity index (χ4n) is 2.18. The van der Waals surface area contributed by atoms with Crippen molar-refractivity contribution in [3.05, 3.63) is 56.0 Å². The first-order valence-electron chi connectivity index (χ1n) is 7.39. The van der Waals surface area contributed by atoms with E-state index in [4.69, 9.17) is 9.47 Å². The van der Waals surface area contributed by atoms with E-state index in [0.29, 0.717) is 11.4 Å². The van der Waals surface area contributed by atoms with E-state index in [1.54, 1.807) is 12.1 Å². The van der Waals surface area contributed by atoms with Gasteiger partial charge in [0.1, 0.15) is 11.3 Å². The maximum absolute atomic E-state index is 12.2. The molecule has 0 saturated heterocycles. The van der Waals surface area contributed by atoms with E-state index >= 15 is 0 Å². The molecule has 0 radical (unpaired) electrons. The molecular weight excluding hydrogens is 454 g/mol. The summed E-state index contributed by atoms with van der Waals surface area (Å²) in [6.45, 7) is 3.40. The van der Waals surface area contributed by atoms with Gasteiger partial charge in [-0.25, -0.2) is 4.79 Å². The number of hydrogen-bond donors (Lipinski definition) is 1. The highest BCUT2D eigenvalue weighted by molar-refractivity contribution is 9.11. The van der Waals surface area contributed by atoms with Gasteiger partial charge in [-0.1, -0.05) is 11.6 Å². The molecule has 7 heteroatoms. The maximum atomic E-state index is 12.2. The molecule has 0 bridgehead atoms. The minimum atomic E-state index is -0.613. The van der Waals surface area contributed by atoms with Gasteiger partial charge in [-0.3, -0.25) is 4.79 Å². The molecule has 2 rings (SSSR count). The summed E-state index contributed by atoms with van der Waals surface area (Å²) in [5.41, 5.74) is 2.80. The standard InChI is InChI=1S/C18H17Br2NO4/c1-10-4-5-15(24-3)12(6-10)18(23)25-9-16(22)21-17-13(19)7-11(2)8-14(17)20/h4-8H,9H2,1-3H3,(H,21,22). The number of rotatable bonds is 5. The largest absolute Gasteiger partial charge is 0.496 e. The van der Waals surface area contributed by atoms with Gasteiger partial charge in [-0.2, -0.15) is 0 Å². The summed E-state index contributed by atoms with van der Waals surface area (Å²) in [5, 5.41) is 2.71. The molecular formula is C18H17Br2NO4. The molecule has 0 aliphatic rings. The number of amides is 1. The Hall–Kier alpha value is -1.86. The number of hydrogen-bond acceptors (Lipinski definition) is 4. The number of esters is 1. The van der Waals surface area contributed by atoms with E-state index in [1.807, 2.05) is 32.0 Å². The van der Waals surface area contributed by atoms with Gasteiger partial charge in [-0.05, 0) is 75.5 Å². The number of ether oxygens (including phenoxy) is 2. The minimum absolute atomic E-state index is 0.285. The minimum Gasteiger partial charge on any atom is -0.496 e. The zero-order valence-corrected chi connectivity index (χ0v) is 17.2. The van der Waals surface area contributed by atoms with Crippen molar-refractivity contribution in [3.8, 4) is 5.75 Å². The van der Waals surface area contributed by atoms with E-state index in [-0.39, 0.29) is 5.56 Å². The lowest BCUT2D eigenvalue weighted by atomic mass is 10.1. The molecule has 0 aliphatic heterocycles. The second-order valence-corrected chi connectivity index (χ2v) is 7.14. The van der Waals surface area contributed by atoms with E-state index in [9.17, 15) is 9.59 Å². The maximum Gasteiger partial charge on any atom is 0.342 e. The van der Waals surface area contributed by atoms with Gasteiger partial charge in [0.2, 0.25) is 0 Å². The van der Waals surface area contributed by atoms with E-state index in [1.165, 1.54) is 7.11 Å². The van der Waals surface area contributed by atoms with Crippen LogP contribution in [0.3, 0.4) is 0 Å². The molecule has 1 N–H and O–H groups in total. The van der Waals surface area contributed by atoms with Gasteiger partial charge in [0.25, 0.3) is 5.91 Å². The molecule has 25 heavy (non-hydrogen) atoms. The first-order valence-corrected chi connectivity index (χ1v) is 8.97. The molecule has 2 aromatic carbocycles. The van der Waals surface area contributed by atoms with Crippen molar-refractivity contribution in [1.29, 1.82) is 0 Å². The SMILES string of the molecule is COc1ccc(C)cc1C(=O)OCC(=O)Nc1c(Br)cc(C)cc1Br. The Morgan fingerprint density at radius 3 is 2.28 bits per heavy atom. The molecule has 0 fully saturated rings. The number of carbonyl (C=O) groups excluding carboxylic acids is 2. The van der Waals surface area contributed by atoms with Crippen molar-refractivity contribution < 1.29 is 19.1 Å². The van der Waals surface area contributed by atoms with Crippen LogP contribution in [0.4, 0.5) is 5.69 Å². The van der Waals surface area contributed by atoms with Crippen LogP contribution in [0.25, 0.3) is 0 Å². The summed E-state index contributed by atoms with van der Waals surface area (Å²) in [6, 6.07) is 8.93. The average Bonchev–Trinajstić information content (AvgIpc) is 2.55. The Labute approximate surface area is 163 Å². The van der Waals surface area contributed by atoms with Crippen LogP contribution < -0.4 is 10.1 Å². The van der Waals surface area contributed by atoms with Crippen LogP contribution in [0.15, 0.2) is 39.3 Å². The second kappa shape index (κ2) is 8.49. The summed E-state index contributed by atoms with van der Waals surface area (Å²) in [5.74, 6) is -0.650. The Kier molecular flexibility index (Phi) is 6.61. The summed E-state index contributed by atoms with van der Waals surface area (Å²) in [7, 11) is 1.47. The molecule has 132 valence electrons. The quantitative estimate of drug-likeness (QED) is 0.647. The van der Waals surface area contributed by atoms with E-state index in [0.717, 1.165) is 20.1 Å². The van der Waals surface area contributed by atoms with Crippen molar-refractivity contribution >= 4 is 49.4 Å². The molecule has 0 spiro atoms. The molecule has 0 saturated carbocycles. The zero-order chi connectivity index (χ0) is 18.6. The van der Waals surface area contributed by atoms with Crippen molar-refractivity contribution in [1.82, 2.24) is 0 Å². The Bertz CT molecular complexity index is 798. The van der Waals surface area contributed by atoms with Gasteiger partial charge < -0.3 is 14.8 Å². The number of aryl methyl sites for hydroxylation is 2. The normalized spacial score (nSPS) is 10.3. The predicted molar refractivity (Wildman–Crippen MR) is 103 cm³/mol. The Morgan fingerprint density at radius 2 is 1.68 bits per heavy atom. The van der Waals surface area contributed by atoms with Gasteiger partial charge >= 0.3 is 5.97 Å². The van der Waals surface area contributed by atoms with E-state index in [2.05, 4.69) is 37.2 Å². The fourth-order valence-corrected chi connectivity index (χ4v) is 3.80. The van der Waals surface area contributed by atoms with Gasteiger partial charge in [0.05, 0.1) is 12.8 Å². The highest BCUT2D eigenvalue weighted by Gasteiger charge is 2.17. The number of nitrogens with one attached hydrogen (secondary N) is 1. The lowest BCUT2D eigenvalue weighted by Gasteiger charge is -2.12. The number of anilines is 1. The Morgan fingerprint density at radius 1 is 1.04 bits per heavy atom. The number of carbonyl (C=O) groups is 2. The van der Waals surface area contributed by atoms with Gasteiger partial charge in [0.15, 0.2) is 6.61 Å². The van der Waals surface area contributed by atoms with Crippen molar-refractivity contribution in [2.24, 2.45) is 0 Å². The average molecular weight is 471 g/mol. The molecule has 0 atom stereocenters. The van der Waals surface area contributed by atoms with Crippen LogP contribution in [-0.2, 0) is 9.53 Å². The highest BCUT2D eigenvalue weighted by atomic mass is 79.9. The topological polar surface area (TPSA) is 64.6 Å². The third kappa shape index (κ3) is 5.06. The fraction of sp³-hybridized carbons (Fsp3) is 0.222. The number of benzene rings is 2. The molecule has 5 nitrogen and oxygen atoms in total. The number of methoxy groups -OCH3 is 1. The van der Waals surface area contributed by atoms with Crippen LogP contribution in [-0.4, -0.2) is 25.6 Å². The molecule has 0 aromatic heterocycles. The van der Waals surface area contributed by atoms with Crippen LogP contribution in [0.1, 0.15) is 21.5 Å². The van der Waals surface area contributed by atoms with Crippen molar-refractivity contribution in [2.45, 2.75) is 13.8 Å². The molecule has 0 heterocycles. The molecule has 2 aromatic rings. The lowest BCUT2D eigenvalue weighted by Crippen LogP contribution is -2.21. The van der Waals surface area contributed by atoms with E-state index < -0.39 is 18.5 Å². The second-order valence-electron chi connectivity index (χ2n) is 5.43. The van der Waals surface area contributed by atoms with Gasteiger partial charge in [0, 0.05) is 8.95 Å². The zero-order valence-electron chi connectivity index (χ0n) is 14.0. The summed E-state index contributed by atoms with van der Waals surface area (Å²) < 4.78 is 11.7. The summed E-state index contributed by atoms with van der Waals surface area (Å²) in [6.07, 6.45) is 0. The Balaban J connectivity index is 2.03. The third-order valence-corrected chi connectivity index (χ3v) is 4.61.